The molecule has 0 bridgehead atoms. The van der Waals surface area contributed by atoms with Gasteiger partial charge in [-0.1, -0.05) is 69.7 Å². The Morgan fingerprint density at radius 2 is 1.87 bits per heavy atom. The van der Waals surface area contributed by atoms with Crippen LogP contribution in [0.1, 0.15) is 39.2 Å². The number of benzene rings is 1. The van der Waals surface area contributed by atoms with Crippen LogP contribution >= 0.6 is 7.74 Å². The van der Waals surface area contributed by atoms with Crippen LogP contribution in [0.25, 0.3) is 0 Å². The summed E-state index contributed by atoms with van der Waals surface area (Å²) < 4.78 is 22.6. The van der Waals surface area contributed by atoms with E-state index in [2.05, 4.69) is 43.7 Å². The summed E-state index contributed by atoms with van der Waals surface area (Å²) in [6.07, 6.45) is 6.35. The van der Waals surface area contributed by atoms with Crippen LogP contribution in [0, 0.1) is 5.41 Å². The molecule has 1 fully saturated rings. The van der Waals surface area contributed by atoms with Gasteiger partial charge >= 0.3 is 7.74 Å². The van der Waals surface area contributed by atoms with E-state index in [-0.39, 0.29) is 5.41 Å². The highest BCUT2D eigenvalue weighted by Crippen LogP contribution is 2.58. The van der Waals surface area contributed by atoms with Crippen molar-refractivity contribution < 1.29 is 13.6 Å². The first-order valence-electron chi connectivity index (χ1n) is 8.26. The molecule has 1 saturated heterocycles. The van der Waals surface area contributed by atoms with E-state index in [1.807, 2.05) is 24.3 Å². The van der Waals surface area contributed by atoms with Crippen LogP contribution in [-0.2, 0) is 20.1 Å². The van der Waals surface area contributed by atoms with E-state index in [0.29, 0.717) is 26.4 Å². The fourth-order valence-electron chi connectivity index (χ4n) is 2.03. The second-order valence-corrected chi connectivity index (χ2v) is 8.52. The quantitative estimate of drug-likeness (QED) is 0.482. The van der Waals surface area contributed by atoms with Crippen molar-refractivity contribution in [1.29, 1.82) is 0 Å². The fourth-order valence-corrected chi connectivity index (χ4v) is 4.13. The molecule has 0 N–H and O–H groups in total. The van der Waals surface area contributed by atoms with Crippen molar-refractivity contribution in [3.8, 4) is 0 Å². The number of allylic oxidation sites excluding steroid dienone is 1. The van der Waals surface area contributed by atoms with E-state index < -0.39 is 7.74 Å². The summed E-state index contributed by atoms with van der Waals surface area (Å²) in [6, 6.07) is 10.1. The summed E-state index contributed by atoms with van der Waals surface area (Å²) in [4.78, 5) is 0. The van der Waals surface area contributed by atoms with Crippen LogP contribution in [0.3, 0.4) is 0 Å². The summed E-state index contributed by atoms with van der Waals surface area (Å²) in [7, 11) is -2.61. The van der Waals surface area contributed by atoms with Crippen molar-refractivity contribution in [2.24, 2.45) is 10.2 Å². The molecular formula is C18H28NO3P. The van der Waals surface area contributed by atoms with Gasteiger partial charge in [-0.15, -0.1) is 0 Å². The molecule has 0 spiro atoms. The van der Waals surface area contributed by atoms with Crippen LogP contribution < -0.4 is 0 Å². The minimum Gasteiger partial charge on any atom is -0.302 e. The van der Waals surface area contributed by atoms with Gasteiger partial charge in [0.2, 0.25) is 0 Å². The second-order valence-electron chi connectivity index (χ2n) is 6.52. The predicted octanol–water partition coefficient (Wildman–Crippen LogP) is 5.58. The molecule has 128 valence electrons. The minimum absolute atomic E-state index is 0.00712. The Morgan fingerprint density at radius 1 is 1.17 bits per heavy atom. The molecule has 0 aromatic heterocycles. The average Bonchev–Trinajstić information content (AvgIpc) is 2.56. The molecule has 1 aliphatic rings. The van der Waals surface area contributed by atoms with E-state index in [0.717, 1.165) is 18.4 Å². The molecule has 4 nitrogen and oxygen atoms in total. The maximum absolute atomic E-state index is 5.98. The Balaban J connectivity index is 2.05. The van der Waals surface area contributed by atoms with Crippen molar-refractivity contribution in [2.45, 2.75) is 40.2 Å². The number of unbranched alkanes of at least 4 members (excludes halogenated alkanes) is 1. The van der Waals surface area contributed by atoms with E-state index in [4.69, 9.17) is 13.6 Å². The molecule has 5 heteroatoms. The SMILES string of the molecule is CCC/C=C/COP1(=NCc2ccccc2)OCC(C)(C)CO1. The largest absolute Gasteiger partial charge is 0.356 e. The van der Waals surface area contributed by atoms with Gasteiger partial charge in [-0.3, -0.25) is 4.52 Å². The van der Waals surface area contributed by atoms with Crippen molar-refractivity contribution in [2.75, 3.05) is 19.8 Å². The van der Waals surface area contributed by atoms with Crippen LogP contribution in [0.4, 0.5) is 0 Å². The fraction of sp³-hybridized carbons (Fsp3) is 0.556. The molecule has 1 aromatic rings. The minimum atomic E-state index is -2.61. The maximum atomic E-state index is 5.98. The van der Waals surface area contributed by atoms with E-state index in [9.17, 15) is 0 Å². The van der Waals surface area contributed by atoms with Crippen LogP contribution in [-0.4, -0.2) is 19.8 Å². The lowest BCUT2D eigenvalue weighted by atomic mass is 9.97. The highest BCUT2D eigenvalue weighted by Gasteiger charge is 2.35. The monoisotopic (exact) mass is 337 g/mol. The average molecular weight is 337 g/mol. The van der Waals surface area contributed by atoms with Gasteiger partial charge in [-0.05, 0) is 12.0 Å². The first kappa shape index (κ1) is 18.4. The van der Waals surface area contributed by atoms with E-state index >= 15 is 0 Å². The molecule has 23 heavy (non-hydrogen) atoms. The van der Waals surface area contributed by atoms with Gasteiger partial charge in [0, 0.05) is 5.41 Å². The number of nitrogens with zero attached hydrogens (tertiary/aromatic N) is 1. The van der Waals surface area contributed by atoms with Gasteiger partial charge in [-0.2, -0.15) is 0 Å². The van der Waals surface area contributed by atoms with Crippen LogP contribution in [0.5, 0.6) is 0 Å². The van der Waals surface area contributed by atoms with Crippen molar-refractivity contribution in [3.05, 3.63) is 48.0 Å². The van der Waals surface area contributed by atoms with Gasteiger partial charge in [0.15, 0.2) is 0 Å². The van der Waals surface area contributed by atoms with Gasteiger partial charge in [0.25, 0.3) is 0 Å². The Labute approximate surface area is 140 Å². The topological polar surface area (TPSA) is 40.0 Å². The third kappa shape index (κ3) is 6.23. The normalized spacial score (nSPS) is 19.8. The second kappa shape index (κ2) is 8.79. The van der Waals surface area contributed by atoms with Crippen LogP contribution in [0.2, 0.25) is 0 Å². The third-order valence-electron chi connectivity index (χ3n) is 3.46. The van der Waals surface area contributed by atoms with Gasteiger partial charge < -0.3 is 9.05 Å². The first-order chi connectivity index (χ1) is 11.1. The van der Waals surface area contributed by atoms with Crippen LogP contribution in [0.15, 0.2) is 47.2 Å². The van der Waals surface area contributed by atoms with Crippen molar-refractivity contribution in [1.82, 2.24) is 0 Å². The molecule has 1 heterocycles. The number of hydrogen-bond donors (Lipinski definition) is 0. The zero-order valence-corrected chi connectivity index (χ0v) is 15.3. The molecule has 0 amide bonds. The molecule has 1 aliphatic heterocycles. The summed E-state index contributed by atoms with van der Waals surface area (Å²) in [5, 5.41) is 0. The Hall–Kier alpha value is -0.930. The molecule has 0 radical (unpaired) electrons. The summed E-state index contributed by atoms with van der Waals surface area (Å²) >= 11 is 0. The van der Waals surface area contributed by atoms with E-state index in [1.54, 1.807) is 0 Å². The molecule has 0 aliphatic carbocycles. The molecule has 1 aromatic carbocycles. The molecule has 0 atom stereocenters. The number of hydrogen-bond acceptors (Lipinski definition) is 4. The van der Waals surface area contributed by atoms with Crippen molar-refractivity contribution in [3.63, 3.8) is 0 Å². The molecule has 0 unspecified atom stereocenters. The van der Waals surface area contributed by atoms with E-state index in [1.165, 1.54) is 0 Å². The van der Waals surface area contributed by atoms with Crippen molar-refractivity contribution >= 4 is 7.74 Å². The lowest BCUT2D eigenvalue weighted by molar-refractivity contribution is 0.0221. The summed E-state index contributed by atoms with van der Waals surface area (Å²) in [5.74, 6) is 0. The lowest BCUT2D eigenvalue weighted by Gasteiger charge is -2.36. The Morgan fingerprint density at radius 3 is 2.52 bits per heavy atom. The Kier molecular flexibility index (Phi) is 7.04. The highest BCUT2D eigenvalue weighted by atomic mass is 31.2. The third-order valence-corrected chi connectivity index (χ3v) is 5.34. The van der Waals surface area contributed by atoms with Gasteiger partial charge in [0.1, 0.15) is 0 Å². The maximum Gasteiger partial charge on any atom is 0.356 e. The smallest absolute Gasteiger partial charge is 0.302 e. The molecule has 0 saturated carbocycles. The summed E-state index contributed by atoms with van der Waals surface area (Å²) in [5.41, 5.74) is 1.14. The van der Waals surface area contributed by atoms with Gasteiger partial charge in [0.05, 0.1) is 26.4 Å². The zero-order chi connectivity index (χ0) is 16.6. The first-order valence-corrected chi connectivity index (χ1v) is 9.75. The predicted molar refractivity (Wildman–Crippen MR) is 95.2 cm³/mol. The molecular weight excluding hydrogens is 309 g/mol. The Bertz CT molecular complexity index is 541. The molecule has 2 rings (SSSR count). The lowest BCUT2D eigenvalue weighted by Crippen LogP contribution is -2.30. The standard InChI is InChI=1S/C18H28NO3P/c1-4-5-6-10-13-20-23(21-15-18(2,3)16-22-23)19-14-17-11-8-7-9-12-17/h6-12H,4-5,13-16H2,1-3H3/b10-6+. The number of rotatable bonds is 7. The highest BCUT2D eigenvalue weighted by molar-refractivity contribution is 7.51. The van der Waals surface area contributed by atoms with Gasteiger partial charge in [-0.25, -0.2) is 4.74 Å². The summed E-state index contributed by atoms with van der Waals surface area (Å²) in [6.45, 7) is 8.65. The zero-order valence-electron chi connectivity index (χ0n) is 14.4.